The molecule has 0 radical (unpaired) electrons. The van der Waals surface area contributed by atoms with E-state index in [1.165, 1.54) is 11.3 Å². The highest BCUT2D eigenvalue weighted by atomic mass is 79.9. The summed E-state index contributed by atoms with van der Waals surface area (Å²) in [4.78, 5) is 3.72. The summed E-state index contributed by atoms with van der Waals surface area (Å²) in [6.07, 6.45) is 0. The van der Waals surface area contributed by atoms with Crippen molar-refractivity contribution in [3.8, 4) is 0 Å². The average molecular weight is 396 g/mol. The van der Waals surface area contributed by atoms with Gasteiger partial charge in [-0.25, -0.2) is 8.42 Å². The summed E-state index contributed by atoms with van der Waals surface area (Å²) in [5.41, 5.74) is 0. The molecule has 120 valence electrons. The lowest BCUT2D eigenvalue weighted by Crippen LogP contribution is -2.53. The average Bonchev–Trinajstić information content (AvgIpc) is 2.80. The second-order valence-electron chi connectivity index (χ2n) is 5.22. The minimum atomic E-state index is -3.41. The van der Waals surface area contributed by atoms with Crippen LogP contribution >= 0.6 is 27.3 Å². The van der Waals surface area contributed by atoms with E-state index >= 15 is 0 Å². The molecule has 1 saturated heterocycles. The predicted octanol–water partition coefficient (Wildman–Crippen LogP) is 1.94. The number of nitrogens with zero attached hydrogens (tertiary/aromatic N) is 2. The Morgan fingerprint density at radius 1 is 1.48 bits per heavy atom. The minimum absolute atomic E-state index is 0.257. The van der Waals surface area contributed by atoms with Gasteiger partial charge in [0.1, 0.15) is 4.90 Å². The molecule has 0 spiro atoms. The Hall–Kier alpha value is 0.01000. The monoisotopic (exact) mass is 395 g/mol. The van der Waals surface area contributed by atoms with Crippen molar-refractivity contribution in [3.05, 3.63) is 14.7 Å². The fourth-order valence-electron chi connectivity index (χ4n) is 2.62. The van der Waals surface area contributed by atoms with E-state index in [4.69, 9.17) is 0 Å². The third-order valence-corrected chi connectivity index (χ3v) is 7.93. The number of halogens is 1. The fourth-order valence-corrected chi connectivity index (χ4v) is 6.78. The largest absolute Gasteiger partial charge is 0.315 e. The van der Waals surface area contributed by atoms with E-state index in [0.29, 0.717) is 28.3 Å². The van der Waals surface area contributed by atoms with Crippen LogP contribution in [0.1, 0.15) is 18.7 Å². The molecule has 1 fully saturated rings. The zero-order chi connectivity index (χ0) is 15.6. The van der Waals surface area contributed by atoms with Crippen LogP contribution in [0.4, 0.5) is 0 Å². The van der Waals surface area contributed by atoms with Gasteiger partial charge in [-0.1, -0.05) is 6.92 Å². The van der Waals surface area contributed by atoms with Crippen LogP contribution in [0.2, 0.25) is 0 Å². The molecule has 1 N–H and O–H groups in total. The molecule has 0 amide bonds. The molecule has 1 aliphatic heterocycles. The maximum atomic E-state index is 12.8. The molecule has 8 heteroatoms. The van der Waals surface area contributed by atoms with Crippen LogP contribution in [0, 0.1) is 0 Å². The Morgan fingerprint density at radius 2 is 2.19 bits per heavy atom. The molecule has 0 saturated carbocycles. The maximum Gasteiger partial charge on any atom is 0.245 e. The summed E-state index contributed by atoms with van der Waals surface area (Å²) in [5, 5.41) is 3.05. The second-order valence-corrected chi connectivity index (χ2v) is 9.58. The zero-order valence-corrected chi connectivity index (χ0v) is 15.8. The summed E-state index contributed by atoms with van der Waals surface area (Å²) in [5.74, 6) is 0. The minimum Gasteiger partial charge on any atom is -0.315 e. The lowest BCUT2D eigenvalue weighted by molar-refractivity contribution is 0.135. The Kier molecular flexibility index (Phi) is 5.84. The van der Waals surface area contributed by atoms with Crippen LogP contribution in [0.3, 0.4) is 0 Å². The molecule has 0 aliphatic carbocycles. The molecule has 21 heavy (non-hydrogen) atoms. The highest BCUT2D eigenvalue weighted by Crippen LogP contribution is 2.34. The molecule has 0 aromatic carbocycles. The van der Waals surface area contributed by atoms with Crippen molar-refractivity contribution < 1.29 is 8.42 Å². The lowest BCUT2D eigenvalue weighted by Gasteiger charge is -2.38. The van der Waals surface area contributed by atoms with E-state index in [-0.39, 0.29) is 6.04 Å². The van der Waals surface area contributed by atoms with Crippen molar-refractivity contribution in [3.63, 3.8) is 0 Å². The molecule has 0 bridgehead atoms. The zero-order valence-electron chi connectivity index (χ0n) is 12.6. The highest BCUT2D eigenvalue weighted by Gasteiger charge is 2.33. The first-order valence-electron chi connectivity index (χ1n) is 7.07. The van der Waals surface area contributed by atoms with Gasteiger partial charge in [-0.05, 0) is 42.5 Å². The van der Waals surface area contributed by atoms with Gasteiger partial charge in [-0.2, -0.15) is 4.31 Å². The molecule has 5 nitrogen and oxygen atoms in total. The van der Waals surface area contributed by atoms with Gasteiger partial charge in [0.05, 0.1) is 3.79 Å². The number of likely N-dealkylation sites (N-methyl/N-ethyl adjacent to an activating group) is 1. The molecular weight excluding hydrogens is 374 g/mol. The van der Waals surface area contributed by atoms with Crippen molar-refractivity contribution >= 4 is 37.3 Å². The van der Waals surface area contributed by atoms with E-state index in [1.54, 1.807) is 10.4 Å². The summed E-state index contributed by atoms with van der Waals surface area (Å²) in [6.45, 7) is 7.74. The third kappa shape index (κ3) is 3.68. The van der Waals surface area contributed by atoms with Gasteiger partial charge in [-0.3, -0.25) is 4.90 Å². The fraction of sp³-hybridized carbons (Fsp3) is 0.692. The first kappa shape index (κ1) is 17.4. The van der Waals surface area contributed by atoms with Gasteiger partial charge in [0, 0.05) is 37.1 Å². The predicted molar refractivity (Wildman–Crippen MR) is 90.3 cm³/mol. The van der Waals surface area contributed by atoms with Crippen molar-refractivity contribution in [2.45, 2.75) is 31.3 Å². The van der Waals surface area contributed by atoms with Crippen LogP contribution in [-0.2, 0) is 16.6 Å². The molecular formula is C13H22BrN3O2S2. The SMILES string of the molecule is CCN1CCN(S(=O)(=O)c2cc(CNC)sc2Br)CC1C. The summed E-state index contributed by atoms with van der Waals surface area (Å²) in [6, 6.07) is 2.03. The van der Waals surface area contributed by atoms with Crippen LogP contribution in [0.25, 0.3) is 0 Å². The topological polar surface area (TPSA) is 52.7 Å². The number of nitrogens with one attached hydrogen (secondary N) is 1. The molecule has 1 aliphatic rings. The number of sulfonamides is 1. The maximum absolute atomic E-state index is 12.8. The van der Waals surface area contributed by atoms with Crippen LogP contribution < -0.4 is 5.32 Å². The van der Waals surface area contributed by atoms with E-state index in [9.17, 15) is 8.42 Å². The van der Waals surface area contributed by atoms with Gasteiger partial charge >= 0.3 is 0 Å². The van der Waals surface area contributed by atoms with Crippen LogP contribution in [-0.4, -0.2) is 56.9 Å². The Bertz CT molecular complexity index is 588. The van der Waals surface area contributed by atoms with Gasteiger partial charge in [0.25, 0.3) is 0 Å². The molecule has 1 unspecified atom stereocenters. The van der Waals surface area contributed by atoms with E-state index in [1.807, 2.05) is 7.05 Å². The second kappa shape index (κ2) is 7.06. The Morgan fingerprint density at radius 3 is 2.76 bits per heavy atom. The van der Waals surface area contributed by atoms with E-state index in [2.05, 4.69) is 40.0 Å². The molecule has 1 atom stereocenters. The summed E-state index contributed by atoms with van der Waals surface area (Å²) < 4.78 is 28.0. The first-order chi connectivity index (χ1) is 9.90. The Labute approximate surface area is 139 Å². The molecule has 1 aromatic rings. The molecule has 1 aromatic heterocycles. The van der Waals surface area contributed by atoms with Crippen molar-refractivity contribution in [2.75, 3.05) is 33.2 Å². The van der Waals surface area contributed by atoms with Crippen LogP contribution in [0.5, 0.6) is 0 Å². The standard InChI is InChI=1S/C13H22BrN3O2S2/c1-4-16-5-6-17(9-10(16)2)21(18,19)12-7-11(8-15-3)20-13(12)14/h7,10,15H,4-6,8-9H2,1-3H3. The normalized spacial score (nSPS) is 21.8. The van der Waals surface area contributed by atoms with Crippen molar-refractivity contribution in [2.24, 2.45) is 0 Å². The quantitative estimate of drug-likeness (QED) is 0.827. The van der Waals surface area contributed by atoms with Crippen molar-refractivity contribution in [1.82, 2.24) is 14.5 Å². The number of rotatable bonds is 5. The van der Waals surface area contributed by atoms with Gasteiger partial charge in [0.15, 0.2) is 0 Å². The van der Waals surface area contributed by atoms with Gasteiger partial charge < -0.3 is 5.32 Å². The van der Waals surface area contributed by atoms with Gasteiger partial charge in [0.2, 0.25) is 10.0 Å². The molecule has 2 heterocycles. The van der Waals surface area contributed by atoms with E-state index < -0.39 is 10.0 Å². The van der Waals surface area contributed by atoms with Gasteiger partial charge in [-0.15, -0.1) is 11.3 Å². The number of hydrogen-bond donors (Lipinski definition) is 1. The Balaban J connectivity index is 2.22. The molecule has 2 rings (SSSR count). The lowest BCUT2D eigenvalue weighted by atomic mass is 10.2. The highest BCUT2D eigenvalue weighted by molar-refractivity contribution is 9.11. The number of thiophene rings is 1. The summed E-state index contributed by atoms with van der Waals surface area (Å²) >= 11 is 4.88. The van der Waals surface area contributed by atoms with Crippen LogP contribution in [0.15, 0.2) is 14.7 Å². The van der Waals surface area contributed by atoms with E-state index in [0.717, 1.165) is 18.0 Å². The first-order valence-corrected chi connectivity index (χ1v) is 10.1. The summed E-state index contributed by atoms with van der Waals surface area (Å²) in [7, 11) is -1.56. The number of piperazine rings is 1. The number of hydrogen-bond acceptors (Lipinski definition) is 5. The third-order valence-electron chi connectivity index (χ3n) is 3.81. The smallest absolute Gasteiger partial charge is 0.245 e. The van der Waals surface area contributed by atoms with Crippen molar-refractivity contribution in [1.29, 1.82) is 0 Å².